The molecule has 32 heteroatoms. The van der Waals surface area contributed by atoms with Gasteiger partial charge in [0.05, 0.1) is 12.2 Å². The number of unbranched alkanes of at least 4 members (excludes halogenated alkanes) is 2. The first kappa shape index (κ1) is 69.7. The lowest BCUT2D eigenvalue weighted by Gasteiger charge is -2.29. The molecular weight excluding hydrogens is 1070 g/mol. The highest BCUT2D eigenvalue weighted by Crippen LogP contribution is 2.28. The second-order valence-electron chi connectivity index (χ2n) is 18.8. The van der Waals surface area contributed by atoms with E-state index in [0.29, 0.717) is 44.9 Å². The van der Waals surface area contributed by atoms with Gasteiger partial charge in [-0.1, -0.05) is 6.42 Å². The number of carboxylic acids is 6. The summed E-state index contributed by atoms with van der Waals surface area (Å²) in [6.45, 7) is 0.671. The third-order valence-electron chi connectivity index (χ3n) is 12.5. The summed E-state index contributed by atoms with van der Waals surface area (Å²) in [6.07, 6.45) is -2.62. The van der Waals surface area contributed by atoms with E-state index in [-0.39, 0.29) is 81.7 Å². The van der Waals surface area contributed by atoms with Gasteiger partial charge in [0.15, 0.2) is 0 Å². The molecule has 446 valence electrons. The molecule has 19 N–H and O–H groups in total. The lowest BCUT2D eigenvalue weighted by atomic mass is 9.81. The van der Waals surface area contributed by atoms with Crippen molar-refractivity contribution in [2.45, 2.75) is 171 Å². The third kappa shape index (κ3) is 31.0. The molecule has 1 aliphatic carbocycles. The van der Waals surface area contributed by atoms with Crippen LogP contribution in [0.2, 0.25) is 0 Å². The molecule has 0 saturated heterocycles. The Hall–Kier alpha value is -7.35. The Morgan fingerprint density at radius 1 is 0.468 bits per heavy atom. The summed E-state index contributed by atoms with van der Waals surface area (Å²) in [5.74, 6) is -13.9. The van der Waals surface area contributed by atoms with Crippen molar-refractivity contribution in [2.24, 2.45) is 23.3 Å². The second-order valence-corrected chi connectivity index (χ2v) is 19.2. The number of hydrogen-bond donors (Lipinski definition) is 18. The Labute approximate surface area is 459 Å². The zero-order valence-corrected chi connectivity index (χ0v) is 44.6. The van der Waals surface area contributed by atoms with Crippen LogP contribution >= 0.6 is 12.6 Å². The first-order chi connectivity index (χ1) is 37.3. The number of thiol groups is 1. The molecule has 0 bridgehead atoms. The molecule has 1 saturated carbocycles. The number of carboxylic acid groups (broad SMARTS) is 6. The highest BCUT2D eigenvalue weighted by molar-refractivity contribution is 7.80. The summed E-state index contributed by atoms with van der Waals surface area (Å²) >= 11 is 4.02. The van der Waals surface area contributed by atoms with Crippen molar-refractivity contribution < 1.29 is 97.8 Å². The van der Waals surface area contributed by atoms with E-state index in [1.807, 2.05) is 5.32 Å². The molecule has 0 aromatic heterocycles. The maximum Gasteiger partial charge on any atom is 0.326 e. The minimum Gasteiger partial charge on any atom is -0.481 e. The minimum absolute atomic E-state index is 0.00366. The smallest absolute Gasteiger partial charge is 0.326 e. The molecule has 0 aromatic rings. The van der Waals surface area contributed by atoms with Crippen molar-refractivity contribution in [1.29, 1.82) is 0 Å². The van der Waals surface area contributed by atoms with Gasteiger partial charge in [0.2, 0.25) is 41.4 Å². The van der Waals surface area contributed by atoms with Gasteiger partial charge in [-0.3, -0.25) is 58.1 Å². The molecular formula is C47H77N11O20S. The number of hydrogen-bond acceptors (Lipinski definition) is 17. The summed E-state index contributed by atoms with van der Waals surface area (Å²) < 4.78 is 0. The van der Waals surface area contributed by atoms with Gasteiger partial charge in [-0.2, -0.15) is 12.6 Å². The van der Waals surface area contributed by atoms with Crippen LogP contribution in [0.4, 0.5) is 4.79 Å². The van der Waals surface area contributed by atoms with Gasteiger partial charge in [0.25, 0.3) is 0 Å². The van der Waals surface area contributed by atoms with Crippen molar-refractivity contribution >= 4 is 95.8 Å². The van der Waals surface area contributed by atoms with E-state index < -0.39 is 165 Å². The first-order valence-corrected chi connectivity index (χ1v) is 26.4. The number of urea groups is 1. The normalized spacial score (nSPS) is 16.5. The molecule has 0 radical (unpaired) electrons. The van der Waals surface area contributed by atoms with E-state index >= 15 is 0 Å². The standard InChI is InChI=1S/C47H77N11O20S/c48-21-3-1-5-27(42(71)55-32(24-79)40(49)69)52-33(15-20-39(67)68)58-44(73)29(13-18-37(63)64)54-43(72)28(12-17-36(61)62)53-35(60)6-2-4-22-50-41(70)26-9-7-25(8-10-26)23-51-34(59)16-11-30(45(74)75)56-47(78)57-31(46(76)77)14-19-38(65)66/h25-33,52,79H,1-24,48H2,(H2,49,69)(H,50,70)(H,51,59)(H,53,60)(H,54,72)(H,55,71)(H,58,73)(H,61,62)(H,63,64)(H,65,66)(H,67,68)(H,74,75)(H,76,77)(H2,56,57,78). The Morgan fingerprint density at radius 2 is 0.949 bits per heavy atom. The van der Waals surface area contributed by atoms with E-state index in [1.54, 1.807) is 0 Å². The molecule has 7 atom stereocenters. The van der Waals surface area contributed by atoms with E-state index in [2.05, 4.69) is 55.2 Å². The van der Waals surface area contributed by atoms with Crippen molar-refractivity contribution in [1.82, 2.24) is 47.9 Å². The number of primary amides is 1. The lowest BCUT2D eigenvalue weighted by molar-refractivity contribution is -0.141. The molecule has 0 heterocycles. The predicted octanol–water partition coefficient (Wildman–Crippen LogP) is -2.96. The molecule has 0 aliphatic heterocycles. The summed E-state index contributed by atoms with van der Waals surface area (Å²) in [5.41, 5.74) is 11.0. The fourth-order valence-corrected chi connectivity index (χ4v) is 8.28. The summed E-state index contributed by atoms with van der Waals surface area (Å²) in [5, 5.41) is 77.9. The van der Waals surface area contributed by atoms with E-state index in [1.165, 1.54) is 0 Å². The van der Waals surface area contributed by atoms with Crippen LogP contribution in [0.1, 0.15) is 128 Å². The molecule has 0 aromatic carbocycles. The Bertz CT molecular complexity index is 2110. The van der Waals surface area contributed by atoms with Crippen LogP contribution in [-0.4, -0.2) is 182 Å². The van der Waals surface area contributed by atoms with E-state index in [4.69, 9.17) is 16.6 Å². The van der Waals surface area contributed by atoms with Crippen LogP contribution < -0.4 is 59.3 Å². The summed E-state index contributed by atoms with van der Waals surface area (Å²) in [4.78, 5) is 172. The number of carbonyl (C=O) groups excluding carboxylic acids is 8. The van der Waals surface area contributed by atoms with Crippen LogP contribution in [0, 0.1) is 11.8 Å². The van der Waals surface area contributed by atoms with Gasteiger partial charge in [0, 0.05) is 63.3 Å². The van der Waals surface area contributed by atoms with Crippen molar-refractivity contribution in [3.05, 3.63) is 0 Å². The quantitative estimate of drug-likeness (QED) is 0.0165. The minimum atomic E-state index is -1.64. The van der Waals surface area contributed by atoms with E-state index in [0.717, 1.165) is 0 Å². The van der Waals surface area contributed by atoms with Gasteiger partial charge in [-0.15, -0.1) is 0 Å². The molecule has 1 rings (SSSR count). The van der Waals surface area contributed by atoms with Gasteiger partial charge >= 0.3 is 41.8 Å². The van der Waals surface area contributed by atoms with E-state index in [9.17, 15) is 92.7 Å². The van der Waals surface area contributed by atoms with Gasteiger partial charge in [-0.05, 0) is 95.9 Å². The molecule has 9 amide bonds. The maximum atomic E-state index is 13.8. The van der Waals surface area contributed by atoms with Crippen LogP contribution in [0.5, 0.6) is 0 Å². The maximum absolute atomic E-state index is 13.8. The molecule has 1 fully saturated rings. The predicted molar refractivity (Wildman–Crippen MR) is 277 cm³/mol. The largest absolute Gasteiger partial charge is 0.481 e. The Balaban J connectivity index is 2.80. The lowest BCUT2D eigenvalue weighted by Crippen LogP contribution is -2.60. The van der Waals surface area contributed by atoms with Crippen molar-refractivity contribution in [3.63, 3.8) is 0 Å². The van der Waals surface area contributed by atoms with Crippen LogP contribution in [0.3, 0.4) is 0 Å². The Kier molecular flexibility index (Phi) is 33.7. The molecule has 31 nitrogen and oxygen atoms in total. The highest BCUT2D eigenvalue weighted by atomic mass is 32.1. The van der Waals surface area contributed by atoms with Gasteiger partial charge in [0.1, 0.15) is 30.2 Å². The van der Waals surface area contributed by atoms with Crippen molar-refractivity contribution in [2.75, 3.05) is 25.4 Å². The average molecular weight is 1150 g/mol. The summed E-state index contributed by atoms with van der Waals surface area (Å²) in [6, 6.07) is -9.82. The Morgan fingerprint density at radius 3 is 1.46 bits per heavy atom. The molecule has 0 spiro atoms. The number of amides is 9. The number of nitrogens with two attached hydrogens (primary N) is 2. The van der Waals surface area contributed by atoms with Crippen LogP contribution in [0.25, 0.3) is 0 Å². The van der Waals surface area contributed by atoms with Gasteiger partial charge < -0.3 is 84.6 Å². The van der Waals surface area contributed by atoms with Crippen LogP contribution in [0.15, 0.2) is 0 Å². The SMILES string of the molecule is NCCCCC(NC(CCC(=O)O)NC(=O)C(CCC(=O)O)NC(=O)C(CCC(=O)O)NC(=O)CCCCNC(=O)C1CCC(CNC(=O)CCC(NC(=O)NC(CCC(=O)O)C(=O)O)C(=O)O)CC1)C(=O)NC(CS)C(N)=O. The van der Waals surface area contributed by atoms with Crippen molar-refractivity contribution in [3.8, 4) is 0 Å². The number of aliphatic carboxylic acids is 6. The topological polar surface area (TPSA) is 521 Å². The van der Waals surface area contributed by atoms with Gasteiger partial charge in [-0.25, -0.2) is 14.4 Å². The number of rotatable bonds is 42. The third-order valence-corrected chi connectivity index (χ3v) is 12.9. The van der Waals surface area contributed by atoms with Crippen LogP contribution in [-0.2, 0) is 62.3 Å². The molecule has 79 heavy (non-hydrogen) atoms. The number of carbonyl (C=O) groups is 14. The second kappa shape index (κ2) is 38.3. The molecule has 7 unspecified atom stereocenters. The molecule has 1 aliphatic rings. The zero-order valence-electron chi connectivity index (χ0n) is 43.7. The number of nitrogens with one attached hydrogen (secondary N) is 9. The summed E-state index contributed by atoms with van der Waals surface area (Å²) in [7, 11) is 0. The fraction of sp³-hybridized carbons (Fsp3) is 0.702. The fourth-order valence-electron chi connectivity index (χ4n) is 8.01. The monoisotopic (exact) mass is 1150 g/mol. The highest BCUT2D eigenvalue weighted by Gasteiger charge is 2.33. The average Bonchev–Trinajstić information content (AvgIpc) is 3.37. The first-order valence-electron chi connectivity index (χ1n) is 25.8. The zero-order chi connectivity index (χ0) is 59.6.